The highest BCUT2D eigenvalue weighted by Crippen LogP contribution is 2.59. The van der Waals surface area contributed by atoms with E-state index in [1.165, 1.54) is 6.21 Å². The molecule has 0 aromatic carbocycles. The van der Waals surface area contributed by atoms with Gasteiger partial charge in [0.25, 0.3) is 0 Å². The molecule has 1 aliphatic heterocycles. The van der Waals surface area contributed by atoms with E-state index in [9.17, 15) is 0 Å². The van der Waals surface area contributed by atoms with Crippen LogP contribution in [0.2, 0.25) is 0 Å². The molecule has 12 heavy (non-hydrogen) atoms. The van der Waals surface area contributed by atoms with Crippen LogP contribution in [0, 0.1) is 22.7 Å². The van der Waals surface area contributed by atoms with Crippen LogP contribution in [0.1, 0.15) is 0 Å². The molecule has 5 nitrogen and oxygen atoms in total. The van der Waals surface area contributed by atoms with E-state index < -0.39 is 0 Å². The molecule has 1 saturated heterocycles. The highest BCUT2D eigenvalue weighted by molar-refractivity contribution is 5.70. The van der Waals surface area contributed by atoms with E-state index in [1.807, 2.05) is 0 Å². The lowest BCUT2D eigenvalue weighted by atomic mass is 10.0. The second-order valence-electron chi connectivity index (χ2n) is 3.52. The zero-order valence-corrected chi connectivity index (χ0v) is 6.70. The van der Waals surface area contributed by atoms with Crippen molar-refractivity contribution in [2.45, 2.75) is 0 Å². The Labute approximate surface area is 70.3 Å². The minimum atomic E-state index is -0.0858. The number of fused-ring (bicyclic) bond motifs is 1. The summed E-state index contributed by atoms with van der Waals surface area (Å²) in [6.07, 6.45) is 1.47. The summed E-state index contributed by atoms with van der Waals surface area (Å²) in [5.74, 6) is 1.08. The van der Waals surface area contributed by atoms with Crippen molar-refractivity contribution in [3.8, 4) is 0 Å². The molecule has 1 aliphatic carbocycles. The van der Waals surface area contributed by atoms with Crippen molar-refractivity contribution in [1.82, 2.24) is 5.32 Å². The quantitative estimate of drug-likeness (QED) is 0.275. The molecular weight excluding hydrogens is 154 g/mol. The first-order chi connectivity index (χ1) is 5.85. The first-order valence-electron chi connectivity index (χ1n) is 4.08. The van der Waals surface area contributed by atoms with Gasteiger partial charge in [-0.15, -0.1) is 0 Å². The van der Waals surface area contributed by atoms with Gasteiger partial charge in [-0.25, -0.2) is 0 Å². The van der Waals surface area contributed by atoms with Crippen LogP contribution in [0.5, 0.6) is 0 Å². The van der Waals surface area contributed by atoms with Crippen molar-refractivity contribution < 1.29 is 0 Å². The number of nitrogens with zero attached hydrogens (tertiary/aromatic N) is 3. The van der Waals surface area contributed by atoms with Crippen LogP contribution in [0.3, 0.4) is 0 Å². The number of nitrogens with one attached hydrogen (secondary N) is 2. The molecule has 2 unspecified atom stereocenters. The SMILES string of the molecule is [N-]=[N+]=NCC1(C=N)C2CNCC21. The molecule has 2 fully saturated rings. The van der Waals surface area contributed by atoms with Crippen molar-refractivity contribution in [3.05, 3.63) is 10.4 Å². The molecule has 2 rings (SSSR count). The lowest BCUT2D eigenvalue weighted by molar-refractivity contribution is 0.531. The van der Waals surface area contributed by atoms with Crippen LogP contribution in [-0.4, -0.2) is 25.8 Å². The maximum Gasteiger partial charge on any atom is 0.0370 e. The fourth-order valence-electron chi connectivity index (χ4n) is 2.34. The lowest BCUT2D eigenvalue weighted by Gasteiger charge is -2.11. The van der Waals surface area contributed by atoms with Gasteiger partial charge in [-0.1, -0.05) is 5.11 Å². The van der Waals surface area contributed by atoms with E-state index >= 15 is 0 Å². The average Bonchev–Trinajstić information content (AvgIpc) is 2.51. The van der Waals surface area contributed by atoms with Crippen LogP contribution in [0.4, 0.5) is 0 Å². The monoisotopic (exact) mass is 165 g/mol. The molecule has 0 radical (unpaired) electrons. The minimum Gasteiger partial charge on any atom is -0.316 e. The molecule has 0 aromatic rings. The van der Waals surface area contributed by atoms with Gasteiger partial charge in [-0.3, -0.25) is 0 Å². The van der Waals surface area contributed by atoms with E-state index in [0.717, 1.165) is 13.1 Å². The third-order valence-corrected chi connectivity index (χ3v) is 3.16. The smallest absolute Gasteiger partial charge is 0.0370 e. The van der Waals surface area contributed by atoms with Crippen molar-refractivity contribution in [1.29, 1.82) is 5.41 Å². The number of azide groups is 1. The summed E-state index contributed by atoms with van der Waals surface area (Å²) in [7, 11) is 0. The Morgan fingerprint density at radius 3 is 2.83 bits per heavy atom. The summed E-state index contributed by atoms with van der Waals surface area (Å²) in [5, 5.41) is 14.1. The summed E-state index contributed by atoms with van der Waals surface area (Å²) in [5.41, 5.74) is 8.10. The van der Waals surface area contributed by atoms with Crippen LogP contribution in [0.25, 0.3) is 10.4 Å². The predicted octanol–water partition coefficient (Wildman–Crippen LogP) is 0.782. The number of hydrogen-bond donors (Lipinski definition) is 2. The number of rotatable bonds is 3. The summed E-state index contributed by atoms with van der Waals surface area (Å²) in [6, 6.07) is 0. The summed E-state index contributed by atoms with van der Waals surface area (Å²) < 4.78 is 0. The zero-order chi connectivity index (χ0) is 8.60. The van der Waals surface area contributed by atoms with Gasteiger partial charge < -0.3 is 10.7 Å². The molecule has 1 saturated carbocycles. The maximum atomic E-state index is 8.18. The van der Waals surface area contributed by atoms with Crippen LogP contribution < -0.4 is 5.32 Å². The minimum absolute atomic E-state index is 0.0858. The summed E-state index contributed by atoms with van der Waals surface area (Å²) in [4.78, 5) is 2.74. The zero-order valence-electron chi connectivity index (χ0n) is 6.70. The predicted molar refractivity (Wildman–Crippen MR) is 45.1 cm³/mol. The summed E-state index contributed by atoms with van der Waals surface area (Å²) >= 11 is 0. The first kappa shape index (κ1) is 7.58. The van der Waals surface area contributed by atoms with Gasteiger partial charge >= 0.3 is 0 Å². The Hall–Kier alpha value is -1.06. The Bertz CT molecular complexity index is 245. The van der Waals surface area contributed by atoms with Crippen molar-refractivity contribution in [2.75, 3.05) is 19.6 Å². The Kier molecular flexibility index (Phi) is 1.56. The molecule has 0 spiro atoms. The molecule has 0 bridgehead atoms. The molecule has 0 aromatic heterocycles. The van der Waals surface area contributed by atoms with Crippen molar-refractivity contribution in [3.63, 3.8) is 0 Å². The van der Waals surface area contributed by atoms with Gasteiger partial charge in [0.1, 0.15) is 0 Å². The van der Waals surface area contributed by atoms with Gasteiger partial charge in [-0.2, -0.15) is 0 Å². The fraction of sp³-hybridized carbons (Fsp3) is 0.857. The van der Waals surface area contributed by atoms with Gasteiger partial charge in [-0.05, 0) is 30.5 Å². The molecule has 64 valence electrons. The highest BCUT2D eigenvalue weighted by atomic mass is 15.1. The first-order valence-corrected chi connectivity index (χ1v) is 4.08. The average molecular weight is 165 g/mol. The van der Waals surface area contributed by atoms with Gasteiger partial charge in [0, 0.05) is 23.1 Å². The Morgan fingerprint density at radius 2 is 2.33 bits per heavy atom. The van der Waals surface area contributed by atoms with Gasteiger partial charge in [0.05, 0.1) is 0 Å². The van der Waals surface area contributed by atoms with Gasteiger partial charge in [0.2, 0.25) is 0 Å². The van der Waals surface area contributed by atoms with E-state index in [0.29, 0.717) is 18.4 Å². The van der Waals surface area contributed by atoms with Crippen molar-refractivity contribution >= 4 is 6.21 Å². The van der Waals surface area contributed by atoms with Crippen LogP contribution >= 0.6 is 0 Å². The molecule has 2 atom stereocenters. The lowest BCUT2D eigenvalue weighted by Crippen LogP contribution is -2.25. The van der Waals surface area contributed by atoms with E-state index in [1.54, 1.807) is 0 Å². The molecule has 0 amide bonds. The molecule has 5 heteroatoms. The van der Waals surface area contributed by atoms with Crippen LogP contribution in [-0.2, 0) is 0 Å². The normalized spacial score (nSPS) is 43.0. The number of hydrogen-bond acceptors (Lipinski definition) is 3. The second-order valence-corrected chi connectivity index (χ2v) is 3.52. The Morgan fingerprint density at radius 1 is 1.67 bits per heavy atom. The maximum absolute atomic E-state index is 8.18. The molecule has 2 aliphatic rings. The van der Waals surface area contributed by atoms with Gasteiger partial charge in [0.15, 0.2) is 0 Å². The summed E-state index contributed by atoms with van der Waals surface area (Å²) in [6.45, 7) is 2.41. The third-order valence-electron chi connectivity index (χ3n) is 3.16. The molecular formula is C7H11N5. The second kappa shape index (κ2) is 2.47. The van der Waals surface area contributed by atoms with Crippen LogP contribution in [0.15, 0.2) is 5.11 Å². The molecule has 1 heterocycles. The largest absolute Gasteiger partial charge is 0.316 e. The third kappa shape index (κ3) is 0.777. The Balaban J connectivity index is 2.09. The number of piperidine rings is 1. The van der Waals surface area contributed by atoms with E-state index in [-0.39, 0.29) is 5.41 Å². The molecule has 2 N–H and O–H groups in total. The fourth-order valence-corrected chi connectivity index (χ4v) is 2.34. The standard InChI is InChI=1S/C7H11N5/c8-3-7(4-11-12-9)5-1-10-2-6(5)7/h3,5-6,8,10H,1-2,4H2. The highest BCUT2D eigenvalue weighted by Gasteiger charge is 2.64. The van der Waals surface area contributed by atoms with Crippen molar-refractivity contribution in [2.24, 2.45) is 22.4 Å². The van der Waals surface area contributed by atoms with E-state index in [4.69, 9.17) is 10.9 Å². The van der Waals surface area contributed by atoms with E-state index in [2.05, 4.69) is 15.3 Å². The topological polar surface area (TPSA) is 84.6 Å².